The normalized spacial score (nSPS) is 14.2. The maximum Gasteiger partial charge on any atom is 0.241 e. The van der Waals surface area contributed by atoms with Gasteiger partial charge in [0, 0.05) is 36.6 Å². The molecule has 1 saturated carbocycles. The van der Waals surface area contributed by atoms with Crippen molar-refractivity contribution in [3.05, 3.63) is 88.5 Å². The van der Waals surface area contributed by atoms with Crippen LogP contribution in [0.4, 0.5) is 14.6 Å². The zero-order valence-electron chi connectivity index (χ0n) is 28.6. The molecule has 4 aromatic rings. The van der Waals surface area contributed by atoms with E-state index in [2.05, 4.69) is 27.0 Å². The molecule has 6 N–H and O–H groups in total. The fraction of sp³-hybridized carbons (Fsp3) is 0.324. The summed E-state index contributed by atoms with van der Waals surface area (Å²) in [5, 5.41) is 8.23. The van der Waals surface area contributed by atoms with Gasteiger partial charge < -0.3 is 16.1 Å². The molecular formula is C34H37ClF2N8O5S2. The Kier molecular flexibility index (Phi) is 10.9. The molecule has 1 atom stereocenters. The number of hydrogen-bond acceptors (Lipinski definition) is 10. The monoisotopic (exact) mass is 774 g/mol. The first-order valence-corrected chi connectivity index (χ1v) is 19.7. The van der Waals surface area contributed by atoms with E-state index in [0.29, 0.717) is 29.5 Å². The molecule has 1 aliphatic carbocycles. The summed E-state index contributed by atoms with van der Waals surface area (Å²) < 4.78 is 81.9. The summed E-state index contributed by atoms with van der Waals surface area (Å²) in [4.78, 5) is 18.2. The summed E-state index contributed by atoms with van der Waals surface area (Å²) in [6.45, 7) is 2.68. The number of nitrogens with one attached hydrogen (secondary N) is 2. The van der Waals surface area contributed by atoms with E-state index < -0.39 is 53.4 Å². The number of fused-ring (bicyclic) bond motifs is 1. The number of amides is 1. The highest BCUT2D eigenvalue weighted by Gasteiger charge is 2.45. The molecule has 0 aliphatic heterocycles. The van der Waals surface area contributed by atoms with Crippen molar-refractivity contribution in [2.75, 3.05) is 17.5 Å². The third-order valence-corrected chi connectivity index (χ3v) is 12.0. The van der Waals surface area contributed by atoms with Gasteiger partial charge in [-0.25, -0.2) is 36.4 Å². The van der Waals surface area contributed by atoms with Crippen LogP contribution in [0.25, 0.3) is 22.0 Å². The SMILES string of the molecule is Cn1nc(NS(C)(=O)=O)c2c(Cl)ccc(-c3ccc(C#CC(C)(C)S(=O)(=O)C4CC4)nc3C(Cc3cc(F)cc(F)c3)NC(=O)CN(N)/C=C\N)c21. The molecule has 18 heteroatoms. The molecule has 2 aromatic heterocycles. The van der Waals surface area contributed by atoms with Gasteiger partial charge in [0.2, 0.25) is 15.9 Å². The lowest BCUT2D eigenvalue weighted by Crippen LogP contribution is -2.40. The Bertz CT molecular complexity index is 2350. The standard InChI is InChI=1S/C34H37ClF2N8O5S2/c1-34(2,52(49,50)24-6-7-24)12-11-23-5-8-25(26-9-10-27(35)30-32(26)44(3)42-33(30)43-51(4,47)48)31(40-23)28(41-29(46)19-45(39)14-13-38)17-20-15-21(36)18-22(37)16-20/h5,8-10,13-16,18,24,28H,6-7,17,19,38-39H2,1-4H3,(H,41,46)(H,42,43)/b14-13-. The molecule has 2 heterocycles. The van der Waals surface area contributed by atoms with Gasteiger partial charge in [-0.3, -0.25) is 14.2 Å². The van der Waals surface area contributed by atoms with Crippen LogP contribution >= 0.6 is 11.6 Å². The molecule has 0 bridgehead atoms. The fourth-order valence-electron chi connectivity index (χ4n) is 5.71. The predicted molar refractivity (Wildman–Crippen MR) is 195 cm³/mol. The van der Waals surface area contributed by atoms with E-state index in [1.54, 1.807) is 25.2 Å². The van der Waals surface area contributed by atoms with Gasteiger partial charge in [0.1, 0.15) is 28.6 Å². The Morgan fingerprint density at radius 1 is 1.13 bits per heavy atom. The molecular weight excluding hydrogens is 738 g/mol. The van der Waals surface area contributed by atoms with Crippen LogP contribution < -0.4 is 21.6 Å². The van der Waals surface area contributed by atoms with Crippen LogP contribution in [-0.4, -0.2) is 65.3 Å². The third-order valence-electron chi connectivity index (χ3n) is 8.23. The lowest BCUT2D eigenvalue weighted by atomic mass is 9.93. The molecule has 1 fully saturated rings. The van der Waals surface area contributed by atoms with Crippen molar-refractivity contribution in [1.29, 1.82) is 0 Å². The number of hydrogen-bond donors (Lipinski definition) is 4. The Morgan fingerprint density at radius 3 is 2.40 bits per heavy atom. The Hall–Kier alpha value is -4.76. The second kappa shape index (κ2) is 14.7. The Labute approximate surface area is 305 Å². The number of carbonyl (C=O) groups excluding carboxylic acids is 1. The summed E-state index contributed by atoms with van der Waals surface area (Å²) in [5.74, 6) is 9.29. The van der Waals surface area contributed by atoms with Gasteiger partial charge in [0.25, 0.3) is 0 Å². The fourth-order valence-corrected chi connectivity index (χ4v) is 8.23. The zero-order valence-corrected chi connectivity index (χ0v) is 31.0. The van der Waals surface area contributed by atoms with Gasteiger partial charge in [0.15, 0.2) is 15.7 Å². The van der Waals surface area contributed by atoms with E-state index in [4.69, 9.17) is 28.2 Å². The van der Waals surface area contributed by atoms with Gasteiger partial charge in [-0.1, -0.05) is 23.6 Å². The van der Waals surface area contributed by atoms with Crippen molar-refractivity contribution >= 4 is 54.1 Å². The van der Waals surface area contributed by atoms with Crippen molar-refractivity contribution in [1.82, 2.24) is 25.1 Å². The second-order valence-electron chi connectivity index (χ2n) is 12.9. The maximum atomic E-state index is 14.4. The van der Waals surface area contributed by atoms with Crippen LogP contribution in [0.2, 0.25) is 5.02 Å². The van der Waals surface area contributed by atoms with Crippen LogP contribution in [-0.2, 0) is 38.1 Å². The molecule has 1 aliphatic rings. The van der Waals surface area contributed by atoms with Crippen LogP contribution in [0.1, 0.15) is 49.7 Å². The highest BCUT2D eigenvalue weighted by Crippen LogP contribution is 2.40. The molecule has 52 heavy (non-hydrogen) atoms. The third kappa shape index (κ3) is 8.64. The maximum absolute atomic E-state index is 14.4. The van der Waals surface area contributed by atoms with Gasteiger partial charge in [0.05, 0.1) is 39.2 Å². The Balaban J connectivity index is 1.74. The van der Waals surface area contributed by atoms with Crippen LogP contribution in [0.5, 0.6) is 0 Å². The minimum Gasteiger partial charge on any atom is -0.403 e. The minimum atomic E-state index is -3.77. The van der Waals surface area contributed by atoms with Crippen LogP contribution in [0.15, 0.2) is 54.9 Å². The van der Waals surface area contributed by atoms with Gasteiger partial charge in [-0.15, -0.1) is 0 Å². The number of sulfonamides is 1. The summed E-state index contributed by atoms with van der Waals surface area (Å²) in [7, 11) is -5.75. The van der Waals surface area contributed by atoms with E-state index >= 15 is 0 Å². The average Bonchev–Trinajstić information content (AvgIpc) is 3.84. The first-order chi connectivity index (χ1) is 24.3. The number of aromatic nitrogens is 3. The van der Waals surface area contributed by atoms with E-state index in [1.807, 2.05) is 0 Å². The number of rotatable bonds is 12. The molecule has 0 saturated heterocycles. The van der Waals surface area contributed by atoms with Crippen molar-refractivity contribution in [2.24, 2.45) is 18.6 Å². The highest BCUT2D eigenvalue weighted by molar-refractivity contribution is 7.93. The van der Waals surface area contributed by atoms with E-state index in [0.717, 1.165) is 35.7 Å². The molecule has 13 nitrogen and oxygen atoms in total. The molecule has 276 valence electrons. The minimum absolute atomic E-state index is 0.0287. The number of halogens is 3. The largest absolute Gasteiger partial charge is 0.403 e. The molecule has 5 rings (SSSR count). The molecule has 2 aromatic carbocycles. The van der Waals surface area contributed by atoms with Crippen LogP contribution in [0.3, 0.4) is 0 Å². The topological polar surface area (TPSA) is 195 Å². The van der Waals surface area contributed by atoms with Gasteiger partial charge in [-0.2, -0.15) is 5.10 Å². The Morgan fingerprint density at radius 2 is 1.79 bits per heavy atom. The summed E-state index contributed by atoms with van der Waals surface area (Å²) in [5.41, 5.74) is 7.14. The molecule has 0 radical (unpaired) electrons. The van der Waals surface area contributed by atoms with Crippen molar-refractivity contribution in [2.45, 2.75) is 49.1 Å². The number of hydrazine groups is 1. The van der Waals surface area contributed by atoms with Crippen molar-refractivity contribution < 1.29 is 30.4 Å². The number of benzene rings is 2. The molecule has 1 amide bonds. The molecule has 1 unspecified atom stereocenters. The number of nitrogens with zero attached hydrogens (tertiary/aromatic N) is 4. The predicted octanol–water partition coefficient (Wildman–Crippen LogP) is 3.65. The summed E-state index contributed by atoms with van der Waals surface area (Å²) in [6.07, 6.45) is 4.35. The quantitative estimate of drug-likeness (QED) is 0.0938. The number of carbonyl (C=O) groups is 1. The van der Waals surface area contributed by atoms with Crippen LogP contribution in [0, 0.1) is 23.5 Å². The first kappa shape index (κ1) is 38.5. The second-order valence-corrected chi connectivity index (χ2v) is 17.8. The number of nitrogens with two attached hydrogens (primary N) is 2. The molecule has 0 spiro atoms. The number of aryl methyl sites for hydroxylation is 1. The smallest absolute Gasteiger partial charge is 0.241 e. The number of sulfone groups is 1. The number of anilines is 1. The lowest BCUT2D eigenvalue weighted by molar-refractivity contribution is -0.122. The van der Waals surface area contributed by atoms with Crippen molar-refractivity contribution in [3.8, 4) is 23.0 Å². The summed E-state index contributed by atoms with van der Waals surface area (Å²) in [6, 6.07) is 8.27. The van der Waals surface area contributed by atoms with E-state index in [1.165, 1.54) is 30.8 Å². The van der Waals surface area contributed by atoms with E-state index in [9.17, 15) is 30.4 Å². The summed E-state index contributed by atoms with van der Waals surface area (Å²) >= 11 is 6.59. The zero-order chi connectivity index (χ0) is 38.2. The highest BCUT2D eigenvalue weighted by atomic mass is 35.5. The first-order valence-electron chi connectivity index (χ1n) is 15.8. The average molecular weight is 775 g/mol. The van der Waals surface area contributed by atoms with Gasteiger partial charge in [-0.05, 0) is 74.9 Å². The van der Waals surface area contributed by atoms with Crippen molar-refractivity contribution in [3.63, 3.8) is 0 Å². The van der Waals surface area contributed by atoms with Gasteiger partial charge >= 0.3 is 0 Å². The lowest BCUT2D eigenvalue weighted by Gasteiger charge is -2.23. The van der Waals surface area contributed by atoms with E-state index in [-0.39, 0.29) is 46.1 Å². The number of pyridine rings is 1.